The van der Waals surface area contributed by atoms with Gasteiger partial charge in [-0.3, -0.25) is 4.79 Å². The molecule has 39 heavy (non-hydrogen) atoms. The first-order valence-corrected chi connectivity index (χ1v) is 14.0. The van der Waals surface area contributed by atoms with Crippen molar-refractivity contribution in [3.8, 4) is 17.6 Å². The molecule has 1 aliphatic rings. The van der Waals surface area contributed by atoms with Gasteiger partial charge >= 0.3 is 5.97 Å². The molecule has 0 amide bonds. The number of rotatable bonds is 11. The van der Waals surface area contributed by atoms with Gasteiger partial charge in [-0.2, -0.15) is 0 Å². The molecule has 3 N–H and O–H groups in total. The molecule has 5 nitrogen and oxygen atoms in total. The van der Waals surface area contributed by atoms with Gasteiger partial charge in [0, 0.05) is 28.4 Å². The Morgan fingerprint density at radius 1 is 0.949 bits per heavy atom. The van der Waals surface area contributed by atoms with Gasteiger partial charge in [0.05, 0.1) is 6.04 Å². The van der Waals surface area contributed by atoms with Crippen molar-refractivity contribution in [2.24, 2.45) is 5.92 Å². The summed E-state index contributed by atoms with van der Waals surface area (Å²) in [5, 5.41) is 22.6. The molecule has 0 spiro atoms. The van der Waals surface area contributed by atoms with Gasteiger partial charge in [-0.15, -0.1) is 0 Å². The molecule has 1 saturated carbocycles. The van der Waals surface area contributed by atoms with Crippen molar-refractivity contribution in [2.45, 2.75) is 70.8 Å². The lowest BCUT2D eigenvalue weighted by molar-refractivity contribution is 0.0693. The van der Waals surface area contributed by atoms with Crippen LogP contribution in [0.4, 0.5) is 5.69 Å². The van der Waals surface area contributed by atoms with E-state index in [0.717, 1.165) is 24.0 Å². The molecule has 0 saturated heterocycles. The fourth-order valence-corrected chi connectivity index (χ4v) is 5.17. The fraction of sp³-hybridized carbons (Fsp3) is 0.353. The zero-order valence-electron chi connectivity index (χ0n) is 22.6. The van der Waals surface area contributed by atoms with Crippen LogP contribution >= 0.6 is 0 Å². The van der Waals surface area contributed by atoms with Crippen LogP contribution in [0, 0.1) is 17.8 Å². The highest BCUT2D eigenvalue weighted by molar-refractivity contribution is 6.02. The largest absolute Gasteiger partial charge is 0.507 e. The highest BCUT2D eigenvalue weighted by atomic mass is 16.4. The minimum Gasteiger partial charge on any atom is -0.507 e. The molecule has 0 bridgehead atoms. The molecule has 0 aliphatic heterocycles. The number of ketones is 1. The van der Waals surface area contributed by atoms with Gasteiger partial charge in [0.15, 0.2) is 5.78 Å². The lowest BCUT2D eigenvalue weighted by atomic mass is 9.93. The second kappa shape index (κ2) is 13.7. The number of carbonyl (C=O) groups excluding carboxylic acids is 1. The Morgan fingerprint density at radius 2 is 1.59 bits per heavy atom. The second-order valence-corrected chi connectivity index (χ2v) is 10.5. The van der Waals surface area contributed by atoms with Gasteiger partial charge in [0.25, 0.3) is 0 Å². The van der Waals surface area contributed by atoms with E-state index in [0.29, 0.717) is 23.6 Å². The quantitative estimate of drug-likeness (QED) is 0.179. The number of carboxylic acids is 1. The van der Waals surface area contributed by atoms with E-state index in [1.54, 1.807) is 6.07 Å². The van der Waals surface area contributed by atoms with E-state index in [1.807, 2.05) is 24.3 Å². The molecule has 0 heterocycles. The van der Waals surface area contributed by atoms with Gasteiger partial charge in [-0.25, -0.2) is 4.79 Å². The third-order valence-electron chi connectivity index (χ3n) is 7.52. The molecule has 1 fully saturated rings. The molecule has 3 aromatic rings. The number of Topliss-reactive ketones (excluding diaryl/α,β-unsaturated/α-hetero) is 1. The summed E-state index contributed by atoms with van der Waals surface area (Å²) in [4.78, 5) is 24.8. The molecular weight excluding hydrogens is 486 g/mol. The Hall–Kier alpha value is -4.04. The van der Waals surface area contributed by atoms with Crippen LogP contribution in [0.3, 0.4) is 0 Å². The first-order valence-electron chi connectivity index (χ1n) is 14.0. The number of phenols is 1. The summed E-state index contributed by atoms with van der Waals surface area (Å²) in [5.74, 6) is 5.47. The predicted molar refractivity (Wildman–Crippen MR) is 155 cm³/mol. The first kappa shape index (κ1) is 28.0. The maximum absolute atomic E-state index is 13.6. The van der Waals surface area contributed by atoms with Crippen LogP contribution in [0.2, 0.25) is 0 Å². The lowest BCUT2D eigenvalue weighted by Gasteiger charge is -2.21. The van der Waals surface area contributed by atoms with Crippen LogP contribution in [-0.4, -0.2) is 28.0 Å². The van der Waals surface area contributed by atoms with Gasteiger partial charge in [-0.05, 0) is 73.6 Å². The van der Waals surface area contributed by atoms with Gasteiger partial charge in [-0.1, -0.05) is 75.1 Å². The summed E-state index contributed by atoms with van der Waals surface area (Å²) in [6.07, 6.45) is 9.95. The van der Waals surface area contributed by atoms with E-state index < -0.39 is 12.0 Å². The SMILES string of the molecule is CCCCc1ccc(C#Cc2ccc(C(=O)C(CCC3CCCC3)Nc3ccc(C(=O)O)c(O)c3)cc2)cc1. The number of aromatic carboxylic acids is 1. The summed E-state index contributed by atoms with van der Waals surface area (Å²) in [5.41, 5.74) is 4.07. The molecular formula is C34H37NO4. The predicted octanol–water partition coefficient (Wildman–Crippen LogP) is 7.47. The lowest BCUT2D eigenvalue weighted by Crippen LogP contribution is -2.30. The Kier molecular flexibility index (Phi) is 9.80. The van der Waals surface area contributed by atoms with Gasteiger partial charge < -0.3 is 15.5 Å². The molecule has 1 aliphatic carbocycles. The monoisotopic (exact) mass is 523 g/mol. The number of aryl methyl sites for hydroxylation is 1. The van der Waals surface area contributed by atoms with E-state index >= 15 is 0 Å². The minimum absolute atomic E-state index is 0.0306. The molecule has 0 radical (unpaired) electrons. The Morgan fingerprint density at radius 3 is 2.18 bits per heavy atom. The number of anilines is 1. The van der Waals surface area contributed by atoms with Crippen molar-refractivity contribution in [3.05, 3.63) is 94.5 Å². The van der Waals surface area contributed by atoms with E-state index in [4.69, 9.17) is 0 Å². The highest BCUT2D eigenvalue weighted by Gasteiger charge is 2.24. The zero-order chi connectivity index (χ0) is 27.6. The number of nitrogens with one attached hydrogen (secondary N) is 1. The normalized spacial score (nSPS) is 13.9. The third kappa shape index (κ3) is 7.97. The topological polar surface area (TPSA) is 86.6 Å². The van der Waals surface area contributed by atoms with Crippen molar-refractivity contribution >= 4 is 17.4 Å². The van der Waals surface area contributed by atoms with Crippen LogP contribution in [0.25, 0.3) is 0 Å². The van der Waals surface area contributed by atoms with E-state index in [2.05, 4.69) is 48.3 Å². The van der Waals surface area contributed by atoms with E-state index in [9.17, 15) is 19.8 Å². The maximum atomic E-state index is 13.6. The molecule has 5 heteroatoms. The molecule has 1 atom stereocenters. The number of hydrogen-bond acceptors (Lipinski definition) is 4. The van der Waals surface area contributed by atoms with Crippen molar-refractivity contribution in [2.75, 3.05) is 5.32 Å². The number of carboxylic acid groups (broad SMARTS) is 1. The van der Waals surface area contributed by atoms with E-state index in [1.165, 1.54) is 56.2 Å². The third-order valence-corrected chi connectivity index (χ3v) is 7.52. The van der Waals surface area contributed by atoms with Gasteiger partial charge in [0.2, 0.25) is 0 Å². The number of unbranched alkanes of at least 4 members (excludes halogenated alkanes) is 1. The highest BCUT2D eigenvalue weighted by Crippen LogP contribution is 2.30. The van der Waals surface area contributed by atoms with Crippen LogP contribution in [-0.2, 0) is 6.42 Å². The van der Waals surface area contributed by atoms with Crippen LogP contribution < -0.4 is 5.32 Å². The number of hydrogen-bond donors (Lipinski definition) is 3. The smallest absolute Gasteiger partial charge is 0.339 e. The second-order valence-electron chi connectivity index (χ2n) is 10.5. The number of benzene rings is 3. The van der Waals surface area contributed by atoms with Crippen molar-refractivity contribution in [3.63, 3.8) is 0 Å². The summed E-state index contributed by atoms with van der Waals surface area (Å²) < 4.78 is 0. The zero-order valence-corrected chi connectivity index (χ0v) is 22.6. The van der Waals surface area contributed by atoms with Crippen LogP contribution in [0.1, 0.15) is 95.7 Å². The molecule has 1 unspecified atom stereocenters. The first-order chi connectivity index (χ1) is 18.9. The minimum atomic E-state index is -1.19. The Balaban J connectivity index is 1.46. The standard InChI is InChI=1S/C34H37NO4/c1-2-3-6-25-9-11-26(12-10-25)13-14-27-15-18-28(19-16-27)33(37)31(22-17-24-7-4-5-8-24)35-29-20-21-30(34(38)39)32(36)23-29/h9-12,15-16,18-21,23-24,31,35-36H,2-8,17,22H2,1H3,(H,38,39). The Bertz CT molecular complexity index is 1330. The molecule has 3 aromatic carbocycles. The molecule has 0 aromatic heterocycles. The fourth-order valence-electron chi connectivity index (χ4n) is 5.17. The molecule has 202 valence electrons. The average Bonchev–Trinajstić information content (AvgIpc) is 3.47. The van der Waals surface area contributed by atoms with Gasteiger partial charge in [0.1, 0.15) is 11.3 Å². The summed E-state index contributed by atoms with van der Waals surface area (Å²) in [7, 11) is 0. The summed E-state index contributed by atoms with van der Waals surface area (Å²) in [6, 6.07) is 19.6. The van der Waals surface area contributed by atoms with Crippen LogP contribution in [0.5, 0.6) is 5.75 Å². The number of aromatic hydroxyl groups is 1. The maximum Gasteiger partial charge on any atom is 0.339 e. The van der Waals surface area contributed by atoms with E-state index in [-0.39, 0.29) is 17.1 Å². The summed E-state index contributed by atoms with van der Waals surface area (Å²) >= 11 is 0. The summed E-state index contributed by atoms with van der Waals surface area (Å²) in [6.45, 7) is 2.19. The van der Waals surface area contributed by atoms with Crippen molar-refractivity contribution < 1.29 is 19.8 Å². The van der Waals surface area contributed by atoms with Crippen molar-refractivity contribution in [1.29, 1.82) is 0 Å². The van der Waals surface area contributed by atoms with Crippen molar-refractivity contribution in [1.82, 2.24) is 0 Å². The molecule has 4 rings (SSSR count). The average molecular weight is 524 g/mol. The Labute approximate surface area is 231 Å². The number of carbonyl (C=O) groups is 2. The van der Waals surface area contributed by atoms with Crippen LogP contribution in [0.15, 0.2) is 66.7 Å².